The van der Waals surface area contributed by atoms with Crippen molar-refractivity contribution in [1.29, 1.82) is 0 Å². The van der Waals surface area contributed by atoms with Crippen LogP contribution in [0.1, 0.15) is 32.7 Å². The van der Waals surface area contributed by atoms with Crippen LogP contribution in [0.4, 0.5) is 0 Å². The molecule has 30 heavy (non-hydrogen) atoms. The molecule has 1 aliphatic rings. The zero-order chi connectivity index (χ0) is 21.3. The summed E-state index contributed by atoms with van der Waals surface area (Å²) in [6.07, 6.45) is 2.77. The highest BCUT2D eigenvalue weighted by Crippen LogP contribution is 2.33. The minimum atomic E-state index is 0.725. The van der Waals surface area contributed by atoms with Gasteiger partial charge in [0.05, 0.1) is 30.3 Å². The zero-order valence-electron chi connectivity index (χ0n) is 17.6. The Bertz CT molecular complexity index is 933. The number of aldehydes is 1. The fourth-order valence-electron chi connectivity index (χ4n) is 3.13. The number of fused-ring (bicyclic) bond motifs is 1. The van der Waals surface area contributed by atoms with E-state index in [0.29, 0.717) is 0 Å². The van der Waals surface area contributed by atoms with Gasteiger partial charge < -0.3 is 10.1 Å². The summed E-state index contributed by atoms with van der Waals surface area (Å²) in [7, 11) is 1.94. The fraction of sp³-hybridized carbons (Fsp3) is 0.364. The number of carbonyl (C=O) groups excluding carboxylic acids is 1. The number of hydrogen-bond acceptors (Lipinski definition) is 7. The van der Waals surface area contributed by atoms with Crippen LogP contribution in [0.15, 0.2) is 47.5 Å². The molecule has 0 spiro atoms. The molecule has 160 valence electrons. The topological polar surface area (TPSA) is 59.4 Å². The summed E-state index contributed by atoms with van der Waals surface area (Å²) >= 11 is 3.30. The molecule has 0 saturated heterocycles. The van der Waals surface area contributed by atoms with Gasteiger partial charge in [-0.15, -0.1) is 11.3 Å². The molecule has 3 aromatic rings. The number of carbonyl (C=O) groups is 1. The summed E-state index contributed by atoms with van der Waals surface area (Å²) < 4.78 is 9.74. The smallest absolute Gasteiger partial charge is 0.160 e. The summed E-state index contributed by atoms with van der Waals surface area (Å²) in [6.45, 7) is 8.48. The maximum atomic E-state index is 10.8. The Morgan fingerprint density at radius 1 is 1.30 bits per heavy atom. The lowest BCUT2D eigenvalue weighted by molar-refractivity contribution is 0.112. The van der Waals surface area contributed by atoms with Crippen molar-refractivity contribution >= 4 is 29.6 Å². The molecular weight excluding hydrogens is 416 g/mol. The normalized spacial score (nSPS) is 13.3. The van der Waals surface area contributed by atoms with Crippen molar-refractivity contribution in [3.63, 3.8) is 0 Å². The third-order valence-electron chi connectivity index (χ3n) is 4.53. The maximum absolute atomic E-state index is 10.8. The fourth-order valence-corrected chi connectivity index (χ4v) is 5.14. The molecule has 0 bridgehead atoms. The van der Waals surface area contributed by atoms with Gasteiger partial charge in [0.15, 0.2) is 6.29 Å². The molecule has 0 unspecified atom stereocenters. The number of aryl methyl sites for hydroxylation is 1. The number of thiophene rings is 1. The molecule has 6 nitrogen and oxygen atoms in total. The van der Waals surface area contributed by atoms with Crippen molar-refractivity contribution in [3.8, 4) is 5.75 Å². The molecule has 1 aromatic carbocycles. The van der Waals surface area contributed by atoms with E-state index < -0.39 is 0 Å². The van der Waals surface area contributed by atoms with Crippen LogP contribution in [0.2, 0.25) is 0 Å². The lowest BCUT2D eigenvalue weighted by atomic mass is 10.2. The van der Waals surface area contributed by atoms with E-state index >= 15 is 0 Å². The number of nitrogens with one attached hydrogen (secondary N) is 1. The van der Waals surface area contributed by atoms with E-state index in [-0.39, 0.29) is 0 Å². The average Bonchev–Trinajstić information content (AvgIpc) is 3.35. The lowest BCUT2D eigenvalue weighted by Crippen LogP contribution is -2.28. The summed E-state index contributed by atoms with van der Waals surface area (Å²) in [5.74, 6) is 0.949. The molecule has 0 amide bonds. The van der Waals surface area contributed by atoms with Gasteiger partial charge in [-0.2, -0.15) is 5.10 Å². The summed E-state index contributed by atoms with van der Waals surface area (Å²) in [5.41, 5.74) is 2.50. The van der Waals surface area contributed by atoms with Gasteiger partial charge in [-0.05, 0) is 62.7 Å². The number of rotatable bonds is 7. The molecule has 0 saturated carbocycles. The molecule has 8 heteroatoms. The number of benzene rings is 1. The molecule has 0 aliphatic carbocycles. The first-order valence-corrected chi connectivity index (χ1v) is 11.6. The lowest BCUT2D eigenvalue weighted by Gasteiger charge is -2.26. The summed E-state index contributed by atoms with van der Waals surface area (Å²) in [6, 6.07) is 12.2. The minimum absolute atomic E-state index is 0.725. The van der Waals surface area contributed by atoms with E-state index in [1.165, 1.54) is 21.0 Å². The second-order valence-electron chi connectivity index (χ2n) is 6.80. The summed E-state index contributed by atoms with van der Waals surface area (Å²) in [5, 5.41) is 7.37. The minimum Gasteiger partial charge on any atom is -0.494 e. The van der Waals surface area contributed by atoms with Gasteiger partial charge in [-0.25, -0.2) is 4.31 Å². The predicted molar refractivity (Wildman–Crippen MR) is 123 cm³/mol. The number of ether oxygens (including phenoxy) is 1. The molecular formula is C22H28N4O2S2. The molecule has 1 aliphatic heterocycles. The van der Waals surface area contributed by atoms with E-state index in [1.54, 1.807) is 23.3 Å². The van der Waals surface area contributed by atoms with Crippen molar-refractivity contribution in [1.82, 2.24) is 19.4 Å². The van der Waals surface area contributed by atoms with Crippen molar-refractivity contribution in [2.24, 2.45) is 0 Å². The van der Waals surface area contributed by atoms with E-state index in [2.05, 4.69) is 39.8 Å². The monoisotopic (exact) mass is 444 g/mol. The Balaban J connectivity index is 0.000000187. The quantitative estimate of drug-likeness (QED) is 0.431. The van der Waals surface area contributed by atoms with Gasteiger partial charge >= 0.3 is 0 Å². The van der Waals surface area contributed by atoms with Crippen molar-refractivity contribution in [3.05, 3.63) is 63.6 Å². The maximum Gasteiger partial charge on any atom is 0.160 e. The third-order valence-corrected chi connectivity index (χ3v) is 6.83. The molecule has 4 rings (SSSR count). The number of hydrogen-bond donors (Lipinski definition) is 1. The van der Waals surface area contributed by atoms with Gasteiger partial charge in [0.25, 0.3) is 0 Å². The second kappa shape index (κ2) is 11.3. The van der Waals surface area contributed by atoms with Gasteiger partial charge in [-0.1, -0.05) is 12.1 Å². The van der Waals surface area contributed by atoms with Crippen LogP contribution in [0.25, 0.3) is 0 Å². The van der Waals surface area contributed by atoms with Crippen LogP contribution in [0.5, 0.6) is 5.75 Å². The van der Waals surface area contributed by atoms with Crippen LogP contribution < -0.4 is 10.1 Å². The first-order valence-electron chi connectivity index (χ1n) is 9.98. The number of aromatic nitrogens is 2. The highest BCUT2D eigenvalue weighted by atomic mass is 32.2. The Labute approximate surface area is 186 Å². The molecule has 0 fully saturated rings. The van der Waals surface area contributed by atoms with Gasteiger partial charge in [0, 0.05) is 29.1 Å². The molecule has 3 heterocycles. The van der Waals surface area contributed by atoms with Crippen molar-refractivity contribution in [2.75, 3.05) is 20.2 Å². The van der Waals surface area contributed by atoms with E-state index in [4.69, 9.17) is 4.74 Å². The first-order chi connectivity index (χ1) is 14.6. The molecule has 0 atom stereocenters. The Hall–Kier alpha value is -2.13. The van der Waals surface area contributed by atoms with Crippen LogP contribution in [-0.4, -0.2) is 40.6 Å². The van der Waals surface area contributed by atoms with Gasteiger partial charge in [0.2, 0.25) is 0 Å². The Morgan fingerprint density at radius 3 is 2.90 bits per heavy atom. The summed E-state index contributed by atoms with van der Waals surface area (Å²) in [4.78, 5) is 14.0. The Kier molecular flexibility index (Phi) is 8.50. The zero-order valence-corrected chi connectivity index (χ0v) is 19.3. The molecule has 1 N–H and O–H groups in total. The van der Waals surface area contributed by atoms with E-state index in [1.807, 2.05) is 43.0 Å². The largest absolute Gasteiger partial charge is 0.494 e. The van der Waals surface area contributed by atoms with E-state index in [0.717, 1.165) is 49.7 Å². The average molecular weight is 445 g/mol. The van der Waals surface area contributed by atoms with Crippen molar-refractivity contribution < 1.29 is 9.53 Å². The van der Waals surface area contributed by atoms with Crippen LogP contribution in [0, 0.1) is 6.92 Å². The highest BCUT2D eigenvalue weighted by Gasteiger charge is 2.18. The third kappa shape index (κ3) is 6.18. The number of nitrogens with zero attached hydrogens (tertiary/aromatic N) is 3. The first kappa shape index (κ1) is 22.6. The van der Waals surface area contributed by atoms with Crippen LogP contribution in [-0.2, 0) is 19.6 Å². The second-order valence-corrected chi connectivity index (χ2v) is 9.23. The SMILES string of the molecule is CCOc1cccc(CNC)c1.Cc1sc(C=O)cc1SN1CCn2nccc2C1. The highest BCUT2D eigenvalue weighted by molar-refractivity contribution is 7.97. The Morgan fingerprint density at radius 2 is 2.17 bits per heavy atom. The standard InChI is InChI=1S/C12H13N3OS2.C10H15NO/c1-9-12(6-11(8-16)17-9)18-14-4-5-15-10(7-14)2-3-13-15;1-3-12-10-6-4-5-9(7-10)8-11-2/h2-3,6,8H,4-5,7H2,1H3;4-7,11H,3,8H2,1-2H3. The molecule has 0 radical (unpaired) electrons. The van der Waals surface area contributed by atoms with Crippen molar-refractivity contribution in [2.45, 2.75) is 38.4 Å². The van der Waals surface area contributed by atoms with E-state index in [9.17, 15) is 4.79 Å². The van der Waals surface area contributed by atoms with Crippen LogP contribution >= 0.6 is 23.3 Å². The predicted octanol–water partition coefficient (Wildman–Crippen LogP) is 4.39. The van der Waals surface area contributed by atoms with Gasteiger partial charge in [0.1, 0.15) is 5.75 Å². The van der Waals surface area contributed by atoms with Gasteiger partial charge in [-0.3, -0.25) is 9.48 Å². The van der Waals surface area contributed by atoms with Crippen LogP contribution in [0.3, 0.4) is 0 Å². The molecule has 2 aromatic heterocycles.